The van der Waals surface area contributed by atoms with Crippen molar-refractivity contribution in [2.45, 2.75) is 18.0 Å². The Kier molecular flexibility index (Phi) is 7.70. The van der Waals surface area contributed by atoms with Crippen LogP contribution in [0, 0.1) is 0 Å². The molecular formula is C22H25N3O2S. The van der Waals surface area contributed by atoms with E-state index in [1.54, 1.807) is 18.0 Å². The van der Waals surface area contributed by atoms with Gasteiger partial charge < -0.3 is 10.1 Å². The molecule has 1 heterocycles. The van der Waals surface area contributed by atoms with Gasteiger partial charge in [0.25, 0.3) is 5.91 Å². The topological polar surface area (TPSA) is 56.2 Å². The van der Waals surface area contributed by atoms with E-state index in [0.717, 1.165) is 23.7 Å². The van der Waals surface area contributed by atoms with Gasteiger partial charge in [-0.1, -0.05) is 48.2 Å². The average Bonchev–Trinajstić information content (AvgIpc) is 3.23. The van der Waals surface area contributed by atoms with Gasteiger partial charge in [0.05, 0.1) is 6.61 Å². The number of benzene rings is 2. The highest BCUT2D eigenvalue weighted by atomic mass is 32.2. The van der Waals surface area contributed by atoms with Gasteiger partial charge in [0.15, 0.2) is 5.16 Å². The van der Waals surface area contributed by atoms with E-state index in [1.165, 1.54) is 5.56 Å². The molecule has 0 saturated heterocycles. The Bertz CT molecular complexity index is 880. The van der Waals surface area contributed by atoms with Gasteiger partial charge in [0, 0.05) is 36.8 Å². The second kappa shape index (κ2) is 10.7. The molecular weight excluding hydrogens is 370 g/mol. The van der Waals surface area contributed by atoms with Gasteiger partial charge in [0.2, 0.25) is 0 Å². The molecule has 6 heteroatoms. The van der Waals surface area contributed by atoms with Crippen LogP contribution in [0.1, 0.15) is 22.3 Å². The molecule has 0 bridgehead atoms. The maximum absolute atomic E-state index is 12.4. The molecule has 0 aliphatic carbocycles. The minimum Gasteiger partial charge on any atom is -0.381 e. The Labute approximate surface area is 170 Å². The smallest absolute Gasteiger partial charge is 0.251 e. The Morgan fingerprint density at radius 3 is 2.82 bits per heavy atom. The third-order valence-electron chi connectivity index (χ3n) is 4.30. The fourth-order valence-electron chi connectivity index (χ4n) is 2.85. The van der Waals surface area contributed by atoms with Crippen LogP contribution < -0.4 is 5.32 Å². The quantitative estimate of drug-likeness (QED) is 0.417. The summed E-state index contributed by atoms with van der Waals surface area (Å²) in [4.78, 5) is 16.7. The number of ether oxygens (including phenoxy) is 1. The maximum Gasteiger partial charge on any atom is 0.251 e. The molecule has 28 heavy (non-hydrogen) atoms. The second-order valence-corrected chi connectivity index (χ2v) is 7.07. The first-order valence-electron chi connectivity index (χ1n) is 9.35. The maximum atomic E-state index is 12.4. The van der Waals surface area contributed by atoms with Crippen molar-refractivity contribution >= 4 is 17.7 Å². The largest absolute Gasteiger partial charge is 0.381 e. The number of hydrogen-bond acceptors (Lipinski definition) is 4. The van der Waals surface area contributed by atoms with Gasteiger partial charge in [-0.15, -0.1) is 0 Å². The monoisotopic (exact) mass is 395 g/mol. The molecule has 3 aromatic rings. The van der Waals surface area contributed by atoms with Crippen molar-refractivity contribution in [2.75, 3.05) is 26.0 Å². The summed E-state index contributed by atoms with van der Waals surface area (Å²) < 4.78 is 7.63. The first-order valence-corrected chi connectivity index (χ1v) is 10.6. The van der Waals surface area contributed by atoms with Gasteiger partial charge in [-0.3, -0.25) is 9.36 Å². The van der Waals surface area contributed by atoms with Crippen LogP contribution >= 0.6 is 11.8 Å². The van der Waals surface area contributed by atoms with Crippen molar-refractivity contribution in [3.63, 3.8) is 0 Å². The van der Waals surface area contributed by atoms with Gasteiger partial charge >= 0.3 is 0 Å². The summed E-state index contributed by atoms with van der Waals surface area (Å²) in [5.41, 5.74) is 2.85. The summed E-state index contributed by atoms with van der Waals surface area (Å²) >= 11 is 1.57. The zero-order valence-electron chi connectivity index (χ0n) is 16.0. The van der Waals surface area contributed by atoms with E-state index in [9.17, 15) is 4.79 Å². The molecule has 0 unspecified atom stereocenters. The molecule has 0 aliphatic rings. The summed E-state index contributed by atoms with van der Waals surface area (Å²) in [6, 6.07) is 17.9. The predicted octanol–water partition coefficient (Wildman–Crippen LogP) is 3.97. The number of hydrogen-bond donors (Lipinski definition) is 1. The molecule has 0 radical (unpaired) electrons. The molecule has 2 aromatic carbocycles. The van der Waals surface area contributed by atoms with E-state index in [4.69, 9.17) is 4.74 Å². The molecule has 146 valence electrons. The number of amides is 1. The van der Waals surface area contributed by atoms with Crippen molar-refractivity contribution < 1.29 is 9.53 Å². The van der Waals surface area contributed by atoms with E-state index < -0.39 is 0 Å². The minimum absolute atomic E-state index is 0.0723. The van der Waals surface area contributed by atoms with Crippen LogP contribution in [0.5, 0.6) is 0 Å². The molecule has 3 rings (SSSR count). The molecule has 0 atom stereocenters. The number of nitrogens with zero attached hydrogens (tertiary/aromatic N) is 2. The lowest BCUT2D eigenvalue weighted by Crippen LogP contribution is -2.25. The third-order valence-corrected chi connectivity index (χ3v) is 4.97. The Hall–Kier alpha value is -2.57. The zero-order valence-corrected chi connectivity index (χ0v) is 16.8. The number of rotatable bonds is 10. The Balaban J connectivity index is 1.40. The third kappa shape index (κ3) is 5.71. The van der Waals surface area contributed by atoms with Crippen LogP contribution in [-0.2, 0) is 11.2 Å². The first kappa shape index (κ1) is 20.2. The van der Waals surface area contributed by atoms with Crippen LogP contribution in [-0.4, -0.2) is 41.5 Å². The van der Waals surface area contributed by atoms with Crippen molar-refractivity contribution in [3.8, 4) is 5.69 Å². The standard InChI is InChI=1S/C22H25N3O2S/c1-28-22-24-13-14-25(22)20-10-5-9-19(17-20)21(26)23-12-6-15-27-16-11-18-7-3-2-4-8-18/h2-5,7-10,13-14,17H,6,11-12,15-16H2,1H3,(H,23,26). The van der Waals surface area contributed by atoms with Crippen LogP contribution in [0.4, 0.5) is 0 Å². The summed E-state index contributed by atoms with van der Waals surface area (Å²) in [6.45, 7) is 1.93. The van der Waals surface area contributed by atoms with E-state index >= 15 is 0 Å². The van der Waals surface area contributed by atoms with E-state index in [2.05, 4.69) is 22.4 Å². The van der Waals surface area contributed by atoms with Crippen molar-refractivity contribution in [2.24, 2.45) is 0 Å². The number of carbonyl (C=O) groups excluding carboxylic acids is 1. The average molecular weight is 396 g/mol. The zero-order chi connectivity index (χ0) is 19.6. The lowest BCUT2D eigenvalue weighted by atomic mass is 10.2. The number of imidazole rings is 1. The van der Waals surface area contributed by atoms with Crippen LogP contribution in [0.2, 0.25) is 0 Å². The predicted molar refractivity (Wildman–Crippen MR) is 113 cm³/mol. The number of aromatic nitrogens is 2. The van der Waals surface area contributed by atoms with Crippen molar-refractivity contribution in [1.82, 2.24) is 14.9 Å². The van der Waals surface area contributed by atoms with Crippen molar-refractivity contribution in [1.29, 1.82) is 0 Å². The summed E-state index contributed by atoms with van der Waals surface area (Å²) in [7, 11) is 0. The van der Waals surface area contributed by atoms with Crippen LogP contribution in [0.15, 0.2) is 72.1 Å². The van der Waals surface area contributed by atoms with Crippen LogP contribution in [0.25, 0.3) is 5.69 Å². The SMILES string of the molecule is CSc1nccn1-c1cccc(C(=O)NCCCOCCc2ccccc2)c1. The number of carbonyl (C=O) groups is 1. The number of nitrogens with one attached hydrogen (secondary N) is 1. The first-order chi connectivity index (χ1) is 13.8. The molecule has 5 nitrogen and oxygen atoms in total. The molecule has 1 aromatic heterocycles. The molecule has 0 spiro atoms. The van der Waals surface area contributed by atoms with E-state index in [-0.39, 0.29) is 5.91 Å². The summed E-state index contributed by atoms with van der Waals surface area (Å²) in [5.74, 6) is -0.0723. The fraction of sp³-hybridized carbons (Fsp3) is 0.273. The molecule has 1 N–H and O–H groups in total. The van der Waals surface area contributed by atoms with E-state index in [1.807, 2.05) is 59.5 Å². The van der Waals surface area contributed by atoms with Crippen molar-refractivity contribution in [3.05, 3.63) is 78.1 Å². The highest BCUT2D eigenvalue weighted by Crippen LogP contribution is 2.18. The minimum atomic E-state index is -0.0723. The molecule has 1 amide bonds. The molecule has 0 saturated carbocycles. The van der Waals surface area contributed by atoms with E-state index in [0.29, 0.717) is 25.3 Å². The highest BCUT2D eigenvalue weighted by molar-refractivity contribution is 7.98. The van der Waals surface area contributed by atoms with Gasteiger partial charge in [-0.25, -0.2) is 4.98 Å². The number of thioether (sulfide) groups is 1. The summed E-state index contributed by atoms with van der Waals surface area (Å²) in [5, 5.41) is 3.85. The fourth-order valence-corrected chi connectivity index (χ4v) is 3.38. The van der Waals surface area contributed by atoms with Gasteiger partial charge in [0.1, 0.15) is 0 Å². The highest BCUT2D eigenvalue weighted by Gasteiger charge is 2.08. The van der Waals surface area contributed by atoms with Crippen LogP contribution in [0.3, 0.4) is 0 Å². The summed E-state index contributed by atoms with van der Waals surface area (Å²) in [6.07, 6.45) is 7.34. The lowest BCUT2D eigenvalue weighted by Gasteiger charge is -2.09. The van der Waals surface area contributed by atoms with Gasteiger partial charge in [-0.05, 0) is 42.9 Å². The Morgan fingerprint density at radius 2 is 2.00 bits per heavy atom. The normalized spacial score (nSPS) is 10.8. The molecule has 0 aliphatic heterocycles. The van der Waals surface area contributed by atoms with Gasteiger partial charge in [-0.2, -0.15) is 0 Å². The Morgan fingerprint density at radius 1 is 1.14 bits per heavy atom. The molecule has 0 fully saturated rings. The second-order valence-electron chi connectivity index (χ2n) is 6.29. The lowest BCUT2D eigenvalue weighted by molar-refractivity contribution is 0.0942.